The molecule has 0 aliphatic heterocycles. The third kappa shape index (κ3) is 5.57. The molecule has 7 heteroatoms. The van der Waals surface area contributed by atoms with Crippen molar-refractivity contribution in [2.75, 3.05) is 5.75 Å². The highest BCUT2D eigenvalue weighted by Gasteiger charge is 2.12. The van der Waals surface area contributed by atoms with E-state index in [-0.39, 0.29) is 18.6 Å². The summed E-state index contributed by atoms with van der Waals surface area (Å²) < 4.78 is 1.93. The summed E-state index contributed by atoms with van der Waals surface area (Å²) >= 11 is 7.26. The lowest BCUT2D eigenvalue weighted by molar-refractivity contribution is -0.119. The van der Waals surface area contributed by atoms with E-state index in [1.165, 1.54) is 11.8 Å². The van der Waals surface area contributed by atoms with E-state index in [1.54, 1.807) is 6.20 Å². The van der Waals surface area contributed by atoms with Crippen LogP contribution in [0.4, 0.5) is 0 Å². The van der Waals surface area contributed by atoms with Crippen molar-refractivity contribution in [3.8, 4) is 0 Å². The molecule has 5 nitrogen and oxygen atoms in total. The monoisotopic (exact) mass is 353 g/mol. The van der Waals surface area contributed by atoms with Crippen molar-refractivity contribution >= 4 is 29.3 Å². The molecule has 0 fully saturated rings. The van der Waals surface area contributed by atoms with E-state index in [2.05, 4.69) is 10.3 Å². The molecule has 0 radical (unpaired) electrons. The third-order valence-electron chi connectivity index (χ3n) is 3.00. The summed E-state index contributed by atoms with van der Waals surface area (Å²) in [4.78, 5) is 16.1. The average molecular weight is 354 g/mol. The zero-order valence-electron chi connectivity index (χ0n) is 13.1. The fraction of sp³-hybridized carbons (Fsp3) is 0.375. The fourth-order valence-electron chi connectivity index (χ4n) is 2.04. The van der Waals surface area contributed by atoms with Crippen LogP contribution in [0.25, 0.3) is 0 Å². The van der Waals surface area contributed by atoms with Gasteiger partial charge in [0.05, 0.1) is 18.1 Å². The van der Waals surface area contributed by atoms with Crippen molar-refractivity contribution in [1.82, 2.24) is 14.9 Å². The van der Waals surface area contributed by atoms with Gasteiger partial charge in [-0.05, 0) is 31.5 Å². The number of thioether (sulfide) groups is 1. The Balaban J connectivity index is 2.08. The summed E-state index contributed by atoms with van der Waals surface area (Å²) in [5, 5.41) is 13.5. The number of benzene rings is 1. The van der Waals surface area contributed by atoms with E-state index in [0.717, 1.165) is 5.56 Å². The normalized spacial score (nSPS) is 11.0. The fourth-order valence-corrected chi connectivity index (χ4v) is 2.97. The molecule has 0 aliphatic carbocycles. The Morgan fingerprint density at radius 2 is 2.09 bits per heavy atom. The topological polar surface area (TPSA) is 67.2 Å². The molecule has 2 N–H and O–H groups in total. The van der Waals surface area contributed by atoms with Crippen LogP contribution in [-0.4, -0.2) is 32.4 Å². The van der Waals surface area contributed by atoms with Gasteiger partial charge in [0.2, 0.25) is 5.91 Å². The maximum Gasteiger partial charge on any atom is 0.230 e. The van der Waals surface area contributed by atoms with E-state index >= 15 is 0 Å². The number of hydrogen-bond acceptors (Lipinski definition) is 4. The van der Waals surface area contributed by atoms with Crippen molar-refractivity contribution in [3.05, 3.63) is 46.7 Å². The first-order valence-corrected chi connectivity index (χ1v) is 8.68. The Morgan fingerprint density at radius 1 is 1.39 bits per heavy atom. The van der Waals surface area contributed by atoms with Crippen LogP contribution in [0.1, 0.15) is 25.1 Å². The van der Waals surface area contributed by atoms with Gasteiger partial charge in [0.25, 0.3) is 0 Å². The molecule has 2 rings (SSSR count). The first kappa shape index (κ1) is 17.8. The predicted octanol–water partition coefficient (Wildman–Crippen LogP) is 2.69. The molecule has 0 unspecified atom stereocenters. The zero-order chi connectivity index (χ0) is 16.8. The summed E-state index contributed by atoms with van der Waals surface area (Å²) in [6, 6.07) is 7.68. The van der Waals surface area contributed by atoms with Gasteiger partial charge >= 0.3 is 0 Å². The number of carbonyl (C=O) groups is 1. The number of aromatic nitrogens is 2. The number of nitrogens with one attached hydrogen (secondary N) is 1. The van der Waals surface area contributed by atoms with E-state index in [1.807, 2.05) is 42.7 Å². The average Bonchev–Trinajstić information content (AvgIpc) is 2.89. The second-order valence-electron chi connectivity index (χ2n) is 5.44. The molecule has 0 saturated carbocycles. The second-order valence-corrected chi connectivity index (χ2v) is 6.82. The van der Waals surface area contributed by atoms with E-state index < -0.39 is 0 Å². The molecule has 0 saturated heterocycles. The van der Waals surface area contributed by atoms with Crippen LogP contribution in [0.3, 0.4) is 0 Å². The lowest BCUT2D eigenvalue weighted by Crippen LogP contribution is -2.31. The van der Waals surface area contributed by atoms with Crippen LogP contribution in [0.5, 0.6) is 0 Å². The van der Waals surface area contributed by atoms with Crippen molar-refractivity contribution < 1.29 is 9.90 Å². The molecular weight excluding hydrogens is 334 g/mol. The Labute approximate surface area is 145 Å². The highest BCUT2D eigenvalue weighted by molar-refractivity contribution is 7.99. The molecule has 0 spiro atoms. The summed E-state index contributed by atoms with van der Waals surface area (Å²) in [7, 11) is 0. The van der Waals surface area contributed by atoms with Gasteiger partial charge in [-0.1, -0.05) is 35.5 Å². The number of rotatable bonds is 7. The highest BCUT2D eigenvalue weighted by atomic mass is 35.5. The molecule has 23 heavy (non-hydrogen) atoms. The molecule has 1 amide bonds. The van der Waals surface area contributed by atoms with Crippen LogP contribution in [-0.2, 0) is 17.9 Å². The maximum absolute atomic E-state index is 11.8. The van der Waals surface area contributed by atoms with Crippen molar-refractivity contribution in [2.45, 2.75) is 38.2 Å². The van der Waals surface area contributed by atoms with Gasteiger partial charge in [-0.25, -0.2) is 4.98 Å². The Kier molecular flexibility index (Phi) is 6.50. The molecule has 0 bridgehead atoms. The minimum atomic E-state index is -0.126. The number of hydrogen-bond donors (Lipinski definition) is 2. The summed E-state index contributed by atoms with van der Waals surface area (Å²) in [5.41, 5.74) is 1.66. The Hall–Kier alpha value is -1.50. The van der Waals surface area contributed by atoms with Gasteiger partial charge in [0.15, 0.2) is 5.16 Å². The van der Waals surface area contributed by atoms with E-state index in [9.17, 15) is 9.90 Å². The molecule has 0 atom stereocenters. The van der Waals surface area contributed by atoms with Gasteiger partial charge in [-0.3, -0.25) is 4.79 Å². The van der Waals surface area contributed by atoms with Gasteiger partial charge in [0.1, 0.15) is 0 Å². The summed E-state index contributed by atoms with van der Waals surface area (Å²) in [5.74, 6) is 0.261. The molecule has 1 aromatic carbocycles. The number of amides is 1. The standard InChI is InChI=1S/C16H20ClN3O2S/c1-11(2)18-15(22)10-23-16-19-14(9-21)8-20(16)7-12-3-5-13(17)6-4-12/h3-6,8,11,21H,7,9-10H2,1-2H3,(H,18,22). The van der Waals surface area contributed by atoms with Gasteiger partial charge in [-0.15, -0.1) is 0 Å². The number of imidazole rings is 1. The number of aliphatic hydroxyl groups is 1. The maximum atomic E-state index is 11.8. The highest BCUT2D eigenvalue weighted by Crippen LogP contribution is 2.20. The SMILES string of the molecule is CC(C)NC(=O)CSc1nc(CO)cn1Cc1ccc(Cl)cc1. The van der Waals surface area contributed by atoms with Crippen molar-refractivity contribution in [3.63, 3.8) is 0 Å². The lowest BCUT2D eigenvalue weighted by atomic mass is 10.2. The molecule has 0 aliphatic rings. The zero-order valence-corrected chi connectivity index (χ0v) is 14.7. The number of nitrogens with zero attached hydrogens (tertiary/aromatic N) is 2. The minimum absolute atomic E-state index is 0.0309. The van der Waals surface area contributed by atoms with E-state index in [0.29, 0.717) is 28.2 Å². The second kappa shape index (κ2) is 8.38. The largest absolute Gasteiger partial charge is 0.390 e. The smallest absolute Gasteiger partial charge is 0.230 e. The lowest BCUT2D eigenvalue weighted by Gasteiger charge is -2.09. The quantitative estimate of drug-likeness (QED) is 0.751. The van der Waals surface area contributed by atoms with Crippen molar-refractivity contribution in [2.24, 2.45) is 0 Å². The molecule has 124 valence electrons. The third-order valence-corrected chi connectivity index (χ3v) is 4.24. The molecular formula is C16H20ClN3O2S. The van der Waals surface area contributed by atoms with Crippen LogP contribution in [0, 0.1) is 0 Å². The Morgan fingerprint density at radius 3 is 2.70 bits per heavy atom. The molecule has 2 aromatic rings. The first-order chi connectivity index (χ1) is 11.0. The number of halogens is 1. The van der Waals surface area contributed by atoms with Crippen molar-refractivity contribution in [1.29, 1.82) is 0 Å². The summed E-state index contributed by atoms with van der Waals surface area (Å²) in [6.07, 6.45) is 1.80. The first-order valence-electron chi connectivity index (χ1n) is 7.31. The van der Waals surface area contributed by atoms with Gasteiger partial charge in [0, 0.05) is 23.8 Å². The van der Waals surface area contributed by atoms with Crippen LogP contribution in [0.2, 0.25) is 5.02 Å². The van der Waals surface area contributed by atoms with Gasteiger partial charge < -0.3 is 15.0 Å². The van der Waals surface area contributed by atoms with Gasteiger partial charge in [-0.2, -0.15) is 0 Å². The predicted molar refractivity (Wildman–Crippen MR) is 92.7 cm³/mol. The minimum Gasteiger partial charge on any atom is -0.390 e. The summed E-state index contributed by atoms with van der Waals surface area (Å²) in [6.45, 7) is 4.33. The van der Waals surface area contributed by atoms with Crippen LogP contribution < -0.4 is 5.32 Å². The van der Waals surface area contributed by atoms with E-state index in [4.69, 9.17) is 11.6 Å². The molecule has 1 heterocycles. The number of aliphatic hydroxyl groups excluding tert-OH is 1. The Bertz CT molecular complexity index is 656. The number of carbonyl (C=O) groups excluding carboxylic acids is 1. The molecule has 1 aromatic heterocycles. The van der Waals surface area contributed by atoms with Crippen LogP contribution in [0.15, 0.2) is 35.6 Å². The van der Waals surface area contributed by atoms with Crippen LogP contribution >= 0.6 is 23.4 Å².